The van der Waals surface area contributed by atoms with Gasteiger partial charge in [-0.1, -0.05) is 30.3 Å². The van der Waals surface area contributed by atoms with Crippen LogP contribution < -0.4 is 5.73 Å². The van der Waals surface area contributed by atoms with Crippen LogP contribution in [0.15, 0.2) is 54.3 Å². The van der Waals surface area contributed by atoms with E-state index in [4.69, 9.17) is 5.73 Å². The van der Waals surface area contributed by atoms with Crippen LogP contribution in [0.2, 0.25) is 0 Å². The fraction of sp³-hybridized carbons (Fsp3) is 0.167. The summed E-state index contributed by atoms with van der Waals surface area (Å²) < 4.78 is 0. The van der Waals surface area contributed by atoms with E-state index in [0.29, 0.717) is 5.70 Å². The molecule has 78 valence electrons. The smallest absolute Gasteiger partial charge is 0.193 e. The minimum Gasteiger partial charge on any atom is -0.399 e. The van der Waals surface area contributed by atoms with Crippen molar-refractivity contribution in [2.75, 3.05) is 0 Å². The van der Waals surface area contributed by atoms with E-state index in [1.807, 2.05) is 30.3 Å². The first-order chi connectivity index (χ1) is 7.09. The highest BCUT2D eigenvalue weighted by molar-refractivity contribution is 5.36. The summed E-state index contributed by atoms with van der Waals surface area (Å²) in [6.45, 7) is 0. The van der Waals surface area contributed by atoms with Crippen molar-refractivity contribution < 1.29 is 10.2 Å². The van der Waals surface area contributed by atoms with Crippen LogP contribution >= 0.6 is 0 Å². The Morgan fingerprint density at radius 3 is 2.47 bits per heavy atom. The maximum atomic E-state index is 9.77. The monoisotopic (exact) mass is 203 g/mol. The molecule has 0 heterocycles. The molecule has 4 N–H and O–H groups in total. The van der Waals surface area contributed by atoms with Gasteiger partial charge >= 0.3 is 0 Å². The molecular formula is C12H13NO2. The van der Waals surface area contributed by atoms with Crippen LogP contribution in [0.25, 0.3) is 0 Å². The van der Waals surface area contributed by atoms with Crippen molar-refractivity contribution in [1.82, 2.24) is 0 Å². The van der Waals surface area contributed by atoms with E-state index in [0.717, 1.165) is 5.56 Å². The van der Waals surface area contributed by atoms with Gasteiger partial charge in [-0.05, 0) is 23.8 Å². The largest absolute Gasteiger partial charge is 0.399 e. The fourth-order valence-electron chi connectivity index (χ4n) is 1.70. The number of rotatable bonds is 1. The summed E-state index contributed by atoms with van der Waals surface area (Å²) in [7, 11) is 0. The Morgan fingerprint density at radius 2 is 1.80 bits per heavy atom. The molecule has 3 heteroatoms. The summed E-state index contributed by atoms with van der Waals surface area (Å²) in [5, 5.41) is 19.5. The molecule has 0 saturated carbocycles. The van der Waals surface area contributed by atoms with Gasteiger partial charge in [-0.15, -0.1) is 0 Å². The lowest BCUT2D eigenvalue weighted by Crippen LogP contribution is -2.35. The van der Waals surface area contributed by atoms with Gasteiger partial charge < -0.3 is 15.9 Å². The van der Waals surface area contributed by atoms with Gasteiger partial charge in [0.05, 0.1) is 5.92 Å². The highest BCUT2D eigenvalue weighted by Crippen LogP contribution is 2.32. The first-order valence-electron chi connectivity index (χ1n) is 4.76. The van der Waals surface area contributed by atoms with Crippen molar-refractivity contribution in [3.8, 4) is 0 Å². The van der Waals surface area contributed by atoms with Crippen LogP contribution in [0.4, 0.5) is 0 Å². The maximum absolute atomic E-state index is 9.77. The average Bonchev–Trinajstić information content (AvgIpc) is 2.23. The van der Waals surface area contributed by atoms with Crippen molar-refractivity contribution in [1.29, 1.82) is 0 Å². The molecule has 0 aliphatic heterocycles. The molecule has 0 aromatic heterocycles. The normalized spacial score (nSPS) is 23.6. The zero-order valence-electron chi connectivity index (χ0n) is 8.17. The summed E-state index contributed by atoms with van der Waals surface area (Å²) in [5.41, 5.74) is 7.01. The molecule has 1 aliphatic rings. The van der Waals surface area contributed by atoms with Crippen LogP contribution in [-0.4, -0.2) is 16.0 Å². The number of aliphatic hydroxyl groups is 2. The summed E-state index contributed by atoms with van der Waals surface area (Å²) in [4.78, 5) is 0. The summed E-state index contributed by atoms with van der Waals surface area (Å²) in [5.74, 6) is -2.37. The topological polar surface area (TPSA) is 66.5 Å². The van der Waals surface area contributed by atoms with Gasteiger partial charge in [0.2, 0.25) is 0 Å². The molecule has 1 aromatic carbocycles. The van der Waals surface area contributed by atoms with Gasteiger partial charge in [0.25, 0.3) is 0 Å². The molecule has 0 amide bonds. The van der Waals surface area contributed by atoms with Gasteiger partial charge in [0.15, 0.2) is 5.79 Å². The Labute approximate surface area is 88.2 Å². The maximum Gasteiger partial charge on any atom is 0.193 e. The van der Waals surface area contributed by atoms with E-state index in [2.05, 4.69) is 0 Å². The molecule has 1 aromatic rings. The van der Waals surface area contributed by atoms with Crippen LogP contribution in [0.5, 0.6) is 0 Å². The molecular weight excluding hydrogens is 190 g/mol. The van der Waals surface area contributed by atoms with Crippen LogP contribution in [-0.2, 0) is 0 Å². The van der Waals surface area contributed by atoms with Crippen molar-refractivity contribution in [2.24, 2.45) is 5.73 Å². The molecule has 3 nitrogen and oxygen atoms in total. The molecule has 0 bridgehead atoms. The second-order valence-electron chi connectivity index (χ2n) is 3.67. The number of nitrogens with two attached hydrogens (primary N) is 1. The predicted octanol–water partition coefficient (Wildman–Crippen LogP) is 0.863. The zero-order chi connectivity index (χ0) is 10.9. The molecule has 1 atom stereocenters. The molecule has 2 rings (SSSR count). The Morgan fingerprint density at radius 1 is 1.13 bits per heavy atom. The number of benzene rings is 1. The Kier molecular flexibility index (Phi) is 2.34. The molecule has 0 saturated heterocycles. The quantitative estimate of drug-likeness (QED) is 0.593. The lowest BCUT2D eigenvalue weighted by Gasteiger charge is -2.29. The summed E-state index contributed by atoms with van der Waals surface area (Å²) >= 11 is 0. The highest BCUT2D eigenvalue weighted by Gasteiger charge is 2.33. The lowest BCUT2D eigenvalue weighted by molar-refractivity contribution is -0.128. The molecule has 0 spiro atoms. The third-order valence-corrected chi connectivity index (χ3v) is 2.50. The number of allylic oxidation sites excluding steroid dienone is 1. The minimum atomic E-state index is -1.86. The Bertz CT molecular complexity index is 407. The van der Waals surface area contributed by atoms with Gasteiger partial charge in [-0.3, -0.25) is 0 Å². The highest BCUT2D eigenvalue weighted by atomic mass is 16.5. The minimum absolute atomic E-state index is 0.510. The standard InChI is InChI=1S/C12H13NO2/c13-10-6-7-12(14,15)11(8-10)9-4-2-1-3-5-9/h1-8,11,14-15H,13H2. The second kappa shape index (κ2) is 3.53. The van der Waals surface area contributed by atoms with Crippen LogP contribution in [0, 0.1) is 0 Å². The molecule has 0 radical (unpaired) electrons. The third-order valence-electron chi connectivity index (χ3n) is 2.50. The fourth-order valence-corrected chi connectivity index (χ4v) is 1.70. The van der Waals surface area contributed by atoms with Crippen molar-refractivity contribution >= 4 is 0 Å². The summed E-state index contributed by atoms with van der Waals surface area (Å²) in [6.07, 6.45) is 4.45. The lowest BCUT2D eigenvalue weighted by atomic mass is 9.86. The van der Waals surface area contributed by atoms with Crippen LogP contribution in [0.1, 0.15) is 11.5 Å². The first-order valence-corrected chi connectivity index (χ1v) is 4.76. The summed E-state index contributed by atoms with van der Waals surface area (Å²) in [6, 6.07) is 9.27. The first kappa shape index (κ1) is 9.96. The number of hydrogen-bond donors (Lipinski definition) is 3. The van der Waals surface area contributed by atoms with E-state index in [1.54, 1.807) is 6.08 Å². The van der Waals surface area contributed by atoms with Crippen molar-refractivity contribution in [2.45, 2.75) is 11.7 Å². The zero-order valence-corrected chi connectivity index (χ0v) is 8.17. The van der Waals surface area contributed by atoms with Gasteiger partial charge in [0, 0.05) is 5.70 Å². The van der Waals surface area contributed by atoms with E-state index in [1.165, 1.54) is 12.2 Å². The third kappa shape index (κ3) is 1.93. The predicted molar refractivity (Wildman–Crippen MR) is 57.8 cm³/mol. The second-order valence-corrected chi connectivity index (χ2v) is 3.67. The van der Waals surface area contributed by atoms with Gasteiger partial charge in [0.1, 0.15) is 0 Å². The number of hydrogen-bond acceptors (Lipinski definition) is 3. The Balaban J connectivity index is 2.40. The Hall–Kier alpha value is -1.58. The van der Waals surface area contributed by atoms with E-state index in [-0.39, 0.29) is 0 Å². The van der Waals surface area contributed by atoms with Crippen molar-refractivity contribution in [3.05, 3.63) is 59.8 Å². The molecule has 0 fully saturated rings. The van der Waals surface area contributed by atoms with E-state index in [9.17, 15) is 10.2 Å². The molecule has 1 unspecified atom stereocenters. The van der Waals surface area contributed by atoms with Crippen LogP contribution in [0.3, 0.4) is 0 Å². The van der Waals surface area contributed by atoms with E-state index < -0.39 is 11.7 Å². The average molecular weight is 203 g/mol. The molecule has 15 heavy (non-hydrogen) atoms. The SMILES string of the molecule is NC1=CC(c2ccccc2)C(O)(O)C=C1. The van der Waals surface area contributed by atoms with Gasteiger partial charge in [-0.2, -0.15) is 0 Å². The molecule has 1 aliphatic carbocycles. The van der Waals surface area contributed by atoms with Gasteiger partial charge in [-0.25, -0.2) is 0 Å². The van der Waals surface area contributed by atoms with E-state index >= 15 is 0 Å². The van der Waals surface area contributed by atoms with Crippen molar-refractivity contribution in [3.63, 3.8) is 0 Å².